The first-order valence-corrected chi connectivity index (χ1v) is 11.8. The Morgan fingerprint density at radius 3 is 2.54 bits per heavy atom. The normalized spacial score (nSPS) is 18.1. The standard InChI is InChI=1S/C27H24N6O6/c28-23(29)13-5-6-18-19(10-13)33-26(32-18)27(25-30-7-8-31-25)12-14(16(24(38)39)11-21(35)36)9-17(22(27)37)15-3-1-2-4-20(15)34/h1-8,10,12,16,34,37H,9,11H2,(H3,28,29)(H,30,31)(H,32,33)(H,35,36)(H,38,39). The SMILES string of the molecule is N=C(N)c1ccc2[nH]c(C3(c4ncc[nH]4)C=C(C(CC(=O)O)C(=O)O)CC(c4ccccc4O)=C3O)nc2c1. The topological polar surface area (TPSA) is 222 Å². The van der Waals surface area contributed by atoms with E-state index in [4.69, 9.17) is 11.1 Å². The number of imidazole rings is 2. The average molecular weight is 529 g/mol. The molecule has 2 atom stereocenters. The number of aliphatic hydroxyl groups is 1. The third-order valence-corrected chi connectivity index (χ3v) is 6.84. The van der Waals surface area contributed by atoms with Crippen molar-refractivity contribution >= 4 is 34.4 Å². The van der Waals surface area contributed by atoms with Crippen molar-refractivity contribution in [3.8, 4) is 5.75 Å². The molecule has 0 fully saturated rings. The molecule has 4 aromatic rings. The van der Waals surface area contributed by atoms with Crippen molar-refractivity contribution in [2.45, 2.75) is 18.3 Å². The molecule has 0 aliphatic heterocycles. The number of phenolic OH excluding ortho intramolecular Hbond substituents is 1. The highest BCUT2D eigenvalue weighted by atomic mass is 16.4. The number of carboxylic acids is 2. The van der Waals surface area contributed by atoms with Crippen LogP contribution in [0.1, 0.15) is 35.6 Å². The highest BCUT2D eigenvalue weighted by Crippen LogP contribution is 2.49. The van der Waals surface area contributed by atoms with Gasteiger partial charge in [-0.1, -0.05) is 29.8 Å². The number of amidine groups is 1. The number of aromatic hydroxyl groups is 1. The summed E-state index contributed by atoms with van der Waals surface area (Å²) in [6.45, 7) is 0. The molecule has 2 aromatic heterocycles. The van der Waals surface area contributed by atoms with Crippen molar-refractivity contribution in [3.05, 3.63) is 95.0 Å². The zero-order valence-corrected chi connectivity index (χ0v) is 20.3. The summed E-state index contributed by atoms with van der Waals surface area (Å²) in [4.78, 5) is 39.1. The van der Waals surface area contributed by atoms with Gasteiger partial charge in [0.2, 0.25) is 0 Å². The lowest BCUT2D eigenvalue weighted by Gasteiger charge is -2.35. The van der Waals surface area contributed by atoms with Gasteiger partial charge < -0.3 is 36.1 Å². The van der Waals surface area contributed by atoms with Crippen molar-refractivity contribution in [2.75, 3.05) is 0 Å². The fourth-order valence-electron chi connectivity index (χ4n) is 4.96. The number of nitrogen functional groups attached to an aromatic ring is 1. The molecule has 9 N–H and O–H groups in total. The maximum absolute atomic E-state index is 12.3. The lowest BCUT2D eigenvalue weighted by molar-refractivity contribution is -0.147. The predicted molar refractivity (Wildman–Crippen MR) is 140 cm³/mol. The van der Waals surface area contributed by atoms with E-state index >= 15 is 0 Å². The molecule has 2 heterocycles. The molecule has 0 bridgehead atoms. The van der Waals surface area contributed by atoms with Crippen molar-refractivity contribution < 1.29 is 30.0 Å². The molecule has 0 amide bonds. The third kappa shape index (κ3) is 4.27. The second-order valence-electron chi connectivity index (χ2n) is 9.21. The largest absolute Gasteiger partial charge is 0.510 e. The number of aliphatic hydroxyl groups excluding tert-OH is 1. The lowest BCUT2D eigenvalue weighted by atomic mass is 9.71. The van der Waals surface area contributed by atoms with E-state index in [1.54, 1.807) is 36.4 Å². The fraction of sp³-hybridized carbons (Fsp3) is 0.148. The van der Waals surface area contributed by atoms with Crippen LogP contribution < -0.4 is 5.73 Å². The van der Waals surface area contributed by atoms with Crippen LogP contribution in [-0.4, -0.2) is 58.1 Å². The van der Waals surface area contributed by atoms with Crippen LogP contribution in [0.4, 0.5) is 0 Å². The number of nitrogens with zero attached hydrogens (tertiary/aromatic N) is 2. The van der Waals surface area contributed by atoms with Crippen LogP contribution in [0, 0.1) is 11.3 Å². The second-order valence-corrected chi connectivity index (χ2v) is 9.21. The van der Waals surface area contributed by atoms with Crippen LogP contribution in [0.25, 0.3) is 16.6 Å². The quantitative estimate of drug-likeness (QED) is 0.0954. The van der Waals surface area contributed by atoms with Crippen LogP contribution in [0.5, 0.6) is 5.75 Å². The Bertz CT molecular complexity index is 1690. The van der Waals surface area contributed by atoms with Gasteiger partial charge in [0.1, 0.15) is 29.0 Å². The molecule has 1 aliphatic rings. The molecule has 2 aromatic carbocycles. The molecule has 12 nitrogen and oxygen atoms in total. The van der Waals surface area contributed by atoms with Crippen LogP contribution >= 0.6 is 0 Å². The van der Waals surface area contributed by atoms with Crippen LogP contribution in [0.2, 0.25) is 0 Å². The molecular weight excluding hydrogens is 504 g/mol. The van der Waals surface area contributed by atoms with E-state index < -0.39 is 29.7 Å². The van der Waals surface area contributed by atoms with Gasteiger partial charge in [0, 0.05) is 29.1 Å². The molecule has 0 radical (unpaired) electrons. The first-order valence-electron chi connectivity index (χ1n) is 11.8. The molecule has 12 heteroatoms. The fourth-order valence-corrected chi connectivity index (χ4v) is 4.96. The number of para-hydroxylation sites is 1. The van der Waals surface area contributed by atoms with Gasteiger partial charge in [-0.2, -0.15) is 0 Å². The summed E-state index contributed by atoms with van der Waals surface area (Å²) < 4.78 is 0. The van der Waals surface area contributed by atoms with Gasteiger partial charge in [0.15, 0.2) is 5.41 Å². The summed E-state index contributed by atoms with van der Waals surface area (Å²) in [7, 11) is 0. The number of allylic oxidation sites excluding steroid dienone is 2. The summed E-state index contributed by atoms with van der Waals surface area (Å²) >= 11 is 0. The molecule has 39 heavy (non-hydrogen) atoms. The Labute approximate surface area is 220 Å². The lowest BCUT2D eigenvalue weighted by Crippen LogP contribution is -2.36. The number of H-pyrrole nitrogens is 2. The van der Waals surface area contributed by atoms with Gasteiger partial charge in [0.25, 0.3) is 0 Å². The van der Waals surface area contributed by atoms with Crippen LogP contribution in [0.3, 0.4) is 0 Å². The van der Waals surface area contributed by atoms with E-state index in [2.05, 4.69) is 19.9 Å². The Morgan fingerprint density at radius 1 is 1.13 bits per heavy atom. The van der Waals surface area contributed by atoms with E-state index in [-0.39, 0.29) is 52.1 Å². The number of benzene rings is 2. The number of rotatable bonds is 8. The molecule has 198 valence electrons. The Hall–Kier alpha value is -5.39. The van der Waals surface area contributed by atoms with Gasteiger partial charge in [-0.05, 0) is 30.7 Å². The predicted octanol–water partition coefficient (Wildman–Crippen LogP) is 3.04. The maximum atomic E-state index is 12.3. The summed E-state index contributed by atoms with van der Waals surface area (Å²) in [5.74, 6) is -4.39. The number of aromatic amines is 2. The highest BCUT2D eigenvalue weighted by molar-refractivity contribution is 5.98. The summed E-state index contributed by atoms with van der Waals surface area (Å²) in [6, 6.07) is 11.1. The summed E-state index contributed by atoms with van der Waals surface area (Å²) in [6.07, 6.45) is 3.59. The minimum Gasteiger partial charge on any atom is -0.510 e. The van der Waals surface area contributed by atoms with Gasteiger partial charge in [0.05, 0.1) is 23.4 Å². The number of nitrogens with two attached hydrogens (primary N) is 1. The Kier molecular flexibility index (Phi) is 6.15. The monoisotopic (exact) mass is 528 g/mol. The van der Waals surface area contributed by atoms with Gasteiger partial charge in [-0.15, -0.1) is 0 Å². The van der Waals surface area contributed by atoms with E-state index in [0.717, 1.165) is 0 Å². The second kappa shape index (κ2) is 9.49. The van der Waals surface area contributed by atoms with Crippen molar-refractivity contribution in [3.63, 3.8) is 0 Å². The number of carboxylic acid groups (broad SMARTS) is 2. The Balaban J connectivity index is 1.85. The van der Waals surface area contributed by atoms with Crippen molar-refractivity contribution in [2.24, 2.45) is 11.7 Å². The number of fused-ring (bicyclic) bond motifs is 1. The molecule has 2 unspecified atom stereocenters. The first kappa shape index (κ1) is 25.3. The number of hydrogen-bond donors (Lipinski definition) is 8. The summed E-state index contributed by atoms with van der Waals surface area (Å²) in [5.41, 5.74) is 5.92. The molecule has 0 saturated heterocycles. The smallest absolute Gasteiger partial charge is 0.311 e. The van der Waals surface area contributed by atoms with E-state index in [9.17, 15) is 30.0 Å². The van der Waals surface area contributed by atoms with E-state index in [1.807, 2.05) is 0 Å². The van der Waals surface area contributed by atoms with Gasteiger partial charge in [-0.25, -0.2) is 9.97 Å². The van der Waals surface area contributed by atoms with E-state index in [1.165, 1.54) is 24.5 Å². The van der Waals surface area contributed by atoms with Crippen molar-refractivity contribution in [1.29, 1.82) is 5.41 Å². The minimum atomic E-state index is -1.71. The Morgan fingerprint density at radius 2 is 1.90 bits per heavy atom. The molecule has 0 spiro atoms. The number of nitrogens with one attached hydrogen (secondary N) is 3. The van der Waals surface area contributed by atoms with Gasteiger partial charge >= 0.3 is 11.9 Å². The van der Waals surface area contributed by atoms with Gasteiger partial charge in [-0.3, -0.25) is 15.0 Å². The maximum Gasteiger partial charge on any atom is 0.311 e. The number of phenols is 1. The average Bonchev–Trinajstić information content (AvgIpc) is 3.58. The minimum absolute atomic E-state index is 0.148. The highest BCUT2D eigenvalue weighted by Gasteiger charge is 2.48. The molecular formula is C27H24N6O6. The third-order valence-electron chi connectivity index (χ3n) is 6.84. The number of aliphatic carboxylic acids is 2. The first-order chi connectivity index (χ1) is 18.6. The number of carbonyl (C=O) groups is 2. The van der Waals surface area contributed by atoms with Crippen molar-refractivity contribution in [1.82, 2.24) is 19.9 Å². The van der Waals surface area contributed by atoms with Crippen LogP contribution in [0.15, 0.2) is 72.3 Å². The molecule has 5 rings (SSSR count). The number of aromatic nitrogens is 4. The molecule has 0 saturated carbocycles. The van der Waals surface area contributed by atoms with Crippen LogP contribution in [-0.2, 0) is 15.0 Å². The van der Waals surface area contributed by atoms with E-state index in [0.29, 0.717) is 16.6 Å². The summed E-state index contributed by atoms with van der Waals surface area (Å²) in [5, 5.41) is 49.9. The molecule has 1 aliphatic carbocycles. The number of hydrogen-bond acceptors (Lipinski definition) is 7. The zero-order chi connectivity index (χ0) is 27.9. The zero-order valence-electron chi connectivity index (χ0n) is 20.3.